The van der Waals surface area contributed by atoms with Crippen LogP contribution in [0.4, 0.5) is 17.6 Å². The molecule has 0 bridgehead atoms. The lowest BCUT2D eigenvalue weighted by Crippen LogP contribution is -2.30. The minimum Gasteiger partial charge on any atom is -0.439 e. The fourth-order valence-corrected chi connectivity index (χ4v) is 3.72. The predicted octanol–water partition coefficient (Wildman–Crippen LogP) is 2.91. The zero-order valence-corrected chi connectivity index (χ0v) is 18.7. The van der Waals surface area contributed by atoms with Crippen molar-refractivity contribution in [2.45, 2.75) is 25.0 Å². The Morgan fingerprint density at radius 2 is 1.94 bits per heavy atom. The number of ether oxygens (including phenoxy) is 1. The van der Waals surface area contributed by atoms with Crippen LogP contribution in [0.5, 0.6) is 11.6 Å². The van der Waals surface area contributed by atoms with E-state index in [9.17, 15) is 30.8 Å². The Kier molecular flexibility index (Phi) is 8.27. The fourth-order valence-electron chi connectivity index (χ4n) is 3.09. The van der Waals surface area contributed by atoms with Crippen molar-refractivity contribution in [2.75, 3.05) is 19.3 Å². The van der Waals surface area contributed by atoms with E-state index < -0.39 is 40.2 Å². The van der Waals surface area contributed by atoms with E-state index in [1.807, 2.05) is 0 Å². The molecule has 1 amide bonds. The molecule has 0 saturated carbocycles. The smallest absolute Gasteiger partial charge is 0.433 e. The third kappa shape index (κ3) is 7.00. The SMILES string of the molecule is CS(=O)(=O)O[C@@H]1CN(C(=O)c2cccc(Oc3cc(CN)cc(C(F)(F)F)n3)c2)C[C@H]1F.Cl. The molecule has 0 spiro atoms. The van der Waals surface area contributed by atoms with E-state index in [-0.39, 0.29) is 54.8 Å². The van der Waals surface area contributed by atoms with Crippen LogP contribution in [0.2, 0.25) is 0 Å². The van der Waals surface area contributed by atoms with E-state index in [1.54, 1.807) is 0 Å². The molecule has 1 fully saturated rings. The van der Waals surface area contributed by atoms with E-state index >= 15 is 0 Å². The van der Waals surface area contributed by atoms with Crippen LogP contribution < -0.4 is 10.5 Å². The van der Waals surface area contributed by atoms with Crippen LogP contribution in [0.1, 0.15) is 21.6 Å². The van der Waals surface area contributed by atoms with Gasteiger partial charge < -0.3 is 15.4 Å². The molecule has 14 heteroatoms. The second-order valence-electron chi connectivity index (χ2n) is 7.10. The first kappa shape index (κ1) is 26.8. The summed E-state index contributed by atoms with van der Waals surface area (Å²) in [4.78, 5) is 17.2. The molecule has 2 atom stereocenters. The highest BCUT2D eigenvalue weighted by atomic mass is 35.5. The molecule has 1 saturated heterocycles. The first-order chi connectivity index (χ1) is 14.9. The van der Waals surface area contributed by atoms with Crippen molar-refractivity contribution in [3.05, 3.63) is 53.2 Å². The molecule has 0 aliphatic carbocycles. The number of alkyl halides is 4. The van der Waals surface area contributed by atoms with Gasteiger partial charge in [-0.05, 0) is 29.8 Å². The molecule has 1 aliphatic rings. The summed E-state index contributed by atoms with van der Waals surface area (Å²) in [5.41, 5.74) is 4.47. The third-order valence-electron chi connectivity index (χ3n) is 4.48. The number of likely N-dealkylation sites (tertiary alicyclic amines) is 1. The lowest BCUT2D eigenvalue weighted by Gasteiger charge is -2.16. The van der Waals surface area contributed by atoms with Crippen molar-refractivity contribution in [3.63, 3.8) is 0 Å². The third-order valence-corrected chi connectivity index (χ3v) is 5.07. The number of hydrogen-bond donors (Lipinski definition) is 1. The van der Waals surface area contributed by atoms with Crippen molar-refractivity contribution < 1.29 is 39.7 Å². The molecule has 182 valence electrons. The van der Waals surface area contributed by atoms with E-state index in [0.717, 1.165) is 17.2 Å². The van der Waals surface area contributed by atoms with Crippen LogP contribution in [0.25, 0.3) is 0 Å². The van der Waals surface area contributed by atoms with Gasteiger partial charge in [-0.25, -0.2) is 9.37 Å². The second-order valence-corrected chi connectivity index (χ2v) is 8.70. The second kappa shape index (κ2) is 10.2. The Morgan fingerprint density at radius 1 is 1.24 bits per heavy atom. The summed E-state index contributed by atoms with van der Waals surface area (Å²) in [5.74, 6) is -0.973. The fraction of sp³-hybridized carbons (Fsp3) is 0.368. The van der Waals surface area contributed by atoms with Gasteiger partial charge in [0.05, 0.1) is 19.3 Å². The first-order valence-corrected chi connectivity index (χ1v) is 11.0. The predicted molar refractivity (Wildman–Crippen MR) is 111 cm³/mol. The number of nitrogens with zero attached hydrogens (tertiary/aromatic N) is 2. The highest BCUT2D eigenvalue weighted by Crippen LogP contribution is 2.31. The number of pyridine rings is 1. The van der Waals surface area contributed by atoms with Gasteiger partial charge in [0.2, 0.25) is 5.88 Å². The lowest BCUT2D eigenvalue weighted by molar-refractivity contribution is -0.141. The molecule has 1 aromatic heterocycles. The van der Waals surface area contributed by atoms with Gasteiger partial charge in [0.15, 0.2) is 0 Å². The highest BCUT2D eigenvalue weighted by molar-refractivity contribution is 7.86. The van der Waals surface area contributed by atoms with Crippen LogP contribution in [-0.2, 0) is 27.0 Å². The van der Waals surface area contributed by atoms with E-state index in [2.05, 4.69) is 9.17 Å². The van der Waals surface area contributed by atoms with Crippen LogP contribution in [0, 0.1) is 0 Å². The van der Waals surface area contributed by atoms with Crippen molar-refractivity contribution in [2.24, 2.45) is 5.73 Å². The monoisotopic (exact) mass is 513 g/mol. The van der Waals surface area contributed by atoms with Crippen molar-refractivity contribution in [1.29, 1.82) is 0 Å². The average Bonchev–Trinajstić information content (AvgIpc) is 3.05. The Morgan fingerprint density at radius 3 is 2.55 bits per heavy atom. The molecular weight excluding hydrogens is 494 g/mol. The standard InChI is InChI=1S/C19H19F4N3O5S.ClH/c1-32(28,29)31-15-10-26(9-14(15)20)18(27)12-3-2-4-13(7-12)30-17-6-11(8-24)5-16(25-17)19(21,22)23;/h2-7,14-15H,8-10,24H2,1H3;1H/t14-,15-;/m1./s1. The van der Waals surface area contributed by atoms with Crippen LogP contribution in [-0.4, -0.2) is 55.8 Å². The van der Waals surface area contributed by atoms with Gasteiger partial charge in [0.25, 0.3) is 16.0 Å². The zero-order valence-electron chi connectivity index (χ0n) is 17.1. The van der Waals surface area contributed by atoms with Gasteiger partial charge in [-0.1, -0.05) is 6.07 Å². The molecular formula is C19H20ClF4N3O5S. The Labute approximate surface area is 193 Å². The van der Waals surface area contributed by atoms with Gasteiger partial charge >= 0.3 is 6.18 Å². The average molecular weight is 514 g/mol. The molecule has 2 aromatic rings. The van der Waals surface area contributed by atoms with Gasteiger partial charge in [-0.3, -0.25) is 8.98 Å². The number of amides is 1. The molecule has 3 rings (SSSR count). The van der Waals surface area contributed by atoms with Gasteiger partial charge in [0.1, 0.15) is 23.7 Å². The zero-order chi connectivity index (χ0) is 23.7. The number of nitrogens with two attached hydrogens (primary N) is 1. The molecule has 2 heterocycles. The summed E-state index contributed by atoms with van der Waals surface area (Å²) >= 11 is 0. The number of benzene rings is 1. The summed E-state index contributed by atoms with van der Waals surface area (Å²) in [7, 11) is -3.91. The Hall–Kier alpha value is -2.48. The molecule has 0 radical (unpaired) electrons. The Bertz CT molecular complexity index is 1120. The lowest BCUT2D eigenvalue weighted by atomic mass is 10.2. The van der Waals surface area contributed by atoms with Crippen LogP contribution >= 0.6 is 12.4 Å². The van der Waals surface area contributed by atoms with Crippen molar-refractivity contribution >= 4 is 28.4 Å². The number of carbonyl (C=O) groups is 1. The van der Waals surface area contributed by atoms with Crippen LogP contribution in [0.3, 0.4) is 0 Å². The minimum absolute atomic E-state index is 0. The first-order valence-electron chi connectivity index (χ1n) is 9.23. The van der Waals surface area contributed by atoms with E-state index in [4.69, 9.17) is 10.5 Å². The maximum atomic E-state index is 14.1. The van der Waals surface area contributed by atoms with E-state index in [1.165, 1.54) is 30.3 Å². The summed E-state index contributed by atoms with van der Waals surface area (Å²) in [6.45, 7) is -0.830. The normalized spacial score (nSPS) is 18.7. The summed E-state index contributed by atoms with van der Waals surface area (Å²) in [6, 6.07) is 7.53. The number of hydrogen-bond acceptors (Lipinski definition) is 7. The number of aromatic nitrogens is 1. The number of halogens is 5. The van der Waals surface area contributed by atoms with Crippen LogP contribution in [0.15, 0.2) is 36.4 Å². The van der Waals surface area contributed by atoms with Gasteiger partial charge in [0, 0.05) is 18.2 Å². The molecule has 1 aromatic carbocycles. The van der Waals surface area contributed by atoms with E-state index in [0.29, 0.717) is 0 Å². The van der Waals surface area contributed by atoms with Crippen molar-refractivity contribution in [1.82, 2.24) is 9.88 Å². The summed E-state index contributed by atoms with van der Waals surface area (Å²) in [6.07, 6.45) is -6.94. The summed E-state index contributed by atoms with van der Waals surface area (Å²) in [5, 5.41) is 0. The van der Waals surface area contributed by atoms with Gasteiger partial charge in [-0.15, -0.1) is 12.4 Å². The topological polar surface area (TPSA) is 112 Å². The van der Waals surface area contributed by atoms with Crippen molar-refractivity contribution in [3.8, 4) is 11.6 Å². The Balaban J connectivity index is 0.00000385. The number of rotatable bonds is 6. The molecule has 0 unspecified atom stereocenters. The van der Waals surface area contributed by atoms with Gasteiger partial charge in [-0.2, -0.15) is 21.6 Å². The largest absolute Gasteiger partial charge is 0.439 e. The number of carbonyl (C=O) groups excluding carboxylic acids is 1. The minimum atomic E-state index is -4.70. The molecule has 2 N–H and O–H groups in total. The highest BCUT2D eigenvalue weighted by Gasteiger charge is 2.38. The molecule has 33 heavy (non-hydrogen) atoms. The quantitative estimate of drug-likeness (QED) is 0.467. The molecule has 1 aliphatic heterocycles. The maximum absolute atomic E-state index is 14.1. The summed E-state index contributed by atoms with van der Waals surface area (Å²) < 4.78 is 85.8. The maximum Gasteiger partial charge on any atom is 0.433 e. The molecule has 8 nitrogen and oxygen atoms in total.